The van der Waals surface area contributed by atoms with E-state index in [1.54, 1.807) is 0 Å². The first-order chi connectivity index (χ1) is 12.1. The summed E-state index contributed by atoms with van der Waals surface area (Å²) < 4.78 is 11.7. The number of hydrogen-bond acceptors (Lipinski definition) is 2. The zero-order chi connectivity index (χ0) is 18.8. The van der Waals surface area contributed by atoms with E-state index in [0.717, 1.165) is 6.04 Å². The lowest BCUT2D eigenvalue weighted by Crippen LogP contribution is -2.41. The van der Waals surface area contributed by atoms with Gasteiger partial charge < -0.3 is 8.85 Å². The summed E-state index contributed by atoms with van der Waals surface area (Å²) in [4.78, 5) is 0. The van der Waals surface area contributed by atoms with E-state index >= 15 is 0 Å². The van der Waals surface area contributed by atoms with Crippen molar-refractivity contribution in [2.75, 3.05) is 32.0 Å². The number of hydrogen-bond donors (Lipinski definition) is 0. The Balaban J connectivity index is 3.64. The lowest BCUT2D eigenvalue weighted by Gasteiger charge is -2.26. The summed E-state index contributed by atoms with van der Waals surface area (Å²) in [6.07, 6.45) is 19.2. The average molecular weight is 392 g/mol. The molecular formula is C21H47O2SSi+. The predicted octanol–water partition coefficient (Wildman–Crippen LogP) is 6.69. The molecule has 0 aliphatic carbocycles. The second-order valence-corrected chi connectivity index (χ2v) is 13.6. The van der Waals surface area contributed by atoms with Gasteiger partial charge in [0.2, 0.25) is 0 Å². The van der Waals surface area contributed by atoms with Crippen molar-refractivity contribution >= 4 is 19.5 Å². The third-order valence-electron chi connectivity index (χ3n) is 5.33. The molecule has 0 spiro atoms. The molecule has 25 heavy (non-hydrogen) atoms. The van der Waals surface area contributed by atoms with Gasteiger partial charge in [0.05, 0.1) is 6.26 Å². The minimum atomic E-state index is -1.90. The van der Waals surface area contributed by atoms with E-state index in [0.29, 0.717) is 10.9 Å². The molecule has 0 N–H and O–H groups in total. The van der Waals surface area contributed by atoms with E-state index in [-0.39, 0.29) is 0 Å². The van der Waals surface area contributed by atoms with Gasteiger partial charge in [-0.25, -0.2) is 0 Å². The van der Waals surface area contributed by atoms with Crippen LogP contribution in [-0.4, -0.2) is 40.5 Å². The standard InChI is InChI=1S/C21H47O2SSi/c1-6-8-10-11-12-13-14-15-16-17-18-24(5)19-21-25(22-3,23-4)20-9-7-2/h6-21H2,1-5H3/q+1. The summed E-state index contributed by atoms with van der Waals surface area (Å²) >= 11 is 0. The molecule has 0 rings (SSSR count). The maximum atomic E-state index is 5.87. The summed E-state index contributed by atoms with van der Waals surface area (Å²) in [7, 11) is 2.36. The fourth-order valence-corrected chi connectivity index (χ4v) is 8.99. The first-order valence-corrected chi connectivity index (χ1v) is 15.0. The smallest absolute Gasteiger partial charge is 0.342 e. The van der Waals surface area contributed by atoms with Gasteiger partial charge in [-0.15, -0.1) is 0 Å². The van der Waals surface area contributed by atoms with Crippen LogP contribution in [0.15, 0.2) is 0 Å². The molecule has 0 amide bonds. The van der Waals surface area contributed by atoms with Crippen molar-refractivity contribution in [2.45, 2.75) is 103 Å². The van der Waals surface area contributed by atoms with Crippen LogP contribution in [0.4, 0.5) is 0 Å². The Morgan fingerprint density at radius 1 is 0.600 bits per heavy atom. The van der Waals surface area contributed by atoms with Crippen molar-refractivity contribution < 1.29 is 8.85 Å². The van der Waals surface area contributed by atoms with Gasteiger partial charge in [-0.2, -0.15) is 0 Å². The highest BCUT2D eigenvalue weighted by atomic mass is 32.2. The van der Waals surface area contributed by atoms with Crippen molar-refractivity contribution in [1.82, 2.24) is 0 Å². The first-order valence-electron chi connectivity index (χ1n) is 10.8. The van der Waals surface area contributed by atoms with Gasteiger partial charge in [-0.3, -0.25) is 0 Å². The van der Waals surface area contributed by atoms with E-state index < -0.39 is 8.56 Å². The van der Waals surface area contributed by atoms with Crippen LogP contribution in [0.25, 0.3) is 0 Å². The molecular weight excluding hydrogens is 344 g/mol. The topological polar surface area (TPSA) is 18.5 Å². The van der Waals surface area contributed by atoms with E-state index in [1.165, 1.54) is 94.6 Å². The van der Waals surface area contributed by atoms with E-state index in [1.807, 2.05) is 14.2 Å². The molecule has 0 aliphatic rings. The number of unbranched alkanes of at least 4 members (excludes halogenated alkanes) is 10. The Morgan fingerprint density at radius 3 is 1.56 bits per heavy atom. The van der Waals surface area contributed by atoms with E-state index in [9.17, 15) is 0 Å². The monoisotopic (exact) mass is 391 g/mol. The molecule has 2 nitrogen and oxygen atoms in total. The number of rotatable bonds is 19. The molecule has 1 unspecified atom stereocenters. The quantitative estimate of drug-likeness (QED) is 0.139. The normalized spacial score (nSPS) is 13.3. The lowest BCUT2D eigenvalue weighted by molar-refractivity contribution is 0.242. The van der Waals surface area contributed by atoms with Gasteiger partial charge in [0.25, 0.3) is 0 Å². The third kappa shape index (κ3) is 14.2. The molecule has 152 valence electrons. The predicted molar refractivity (Wildman–Crippen MR) is 119 cm³/mol. The Morgan fingerprint density at radius 2 is 1.08 bits per heavy atom. The summed E-state index contributed by atoms with van der Waals surface area (Å²) in [5, 5.41) is 0. The van der Waals surface area contributed by atoms with Crippen LogP contribution in [0.5, 0.6) is 0 Å². The third-order valence-corrected chi connectivity index (χ3v) is 11.2. The molecule has 0 heterocycles. The minimum Gasteiger partial charge on any atom is -0.397 e. The van der Waals surface area contributed by atoms with Crippen molar-refractivity contribution in [1.29, 1.82) is 0 Å². The van der Waals surface area contributed by atoms with Crippen LogP contribution >= 0.6 is 0 Å². The highest BCUT2D eigenvalue weighted by molar-refractivity contribution is 7.96. The first kappa shape index (κ1) is 25.5. The molecule has 0 aromatic carbocycles. The van der Waals surface area contributed by atoms with Crippen LogP contribution in [0.2, 0.25) is 12.1 Å². The highest BCUT2D eigenvalue weighted by Crippen LogP contribution is 2.22. The molecule has 0 saturated carbocycles. The SMILES string of the molecule is CCCCCCCCCCCC[S+](C)CC[Si](CCCC)(OC)OC. The van der Waals surface area contributed by atoms with Gasteiger partial charge in [0.1, 0.15) is 11.5 Å². The molecule has 1 atom stereocenters. The van der Waals surface area contributed by atoms with Gasteiger partial charge in [-0.1, -0.05) is 78.1 Å². The highest BCUT2D eigenvalue weighted by Gasteiger charge is 2.36. The van der Waals surface area contributed by atoms with Gasteiger partial charge in [0.15, 0.2) is 0 Å². The largest absolute Gasteiger partial charge is 0.397 e. The minimum absolute atomic E-state index is 0.537. The Labute approximate surface area is 163 Å². The molecule has 0 aromatic heterocycles. The van der Waals surface area contributed by atoms with Crippen LogP contribution in [0.3, 0.4) is 0 Å². The molecule has 0 fully saturated rings. The fourth-order valence-electron chi connectivity index (χ4n) is 3.33. The molecule has 0 radical (unpaired) electrons. The van der Waals surface area contributed by atoms with Crippen molar-refractivity contribution in [3.05, 3.63) is 0 Å². The second kappa shape index (κ2) is 17.9. The van der Waals surface area contributed by atoms with Gasteiger partial charge >= 0.3 is 8.56 Å². The van der Waals surface area contributed by atoms with Crippen LogP contribution in [-0.2, 0) is 19.7 Å². The molecule has 4 heteroatoms. The van der Waals surface area contributed by atoms with Crippen LogP contribution in [0.1, 0.15) is 90.9 Å². The van der Waals surface area contributed by atoms with Gasteiger partial charge in [-0.05, 0) is 29.8 Å². The van der Waals surface area contributed by atoms with Crippen molar-refractivity contribution in [2.24, 2.45) is 0 Å². The fraction of sp³-hybridized carbons (Fsp3) is 1.00. The Kier molecular flexibility index (Phi) is 18.2. The molecule has 0 saturated heterocycles. The zero-order valence-electron chi connectivity index (χ0n) is 18.0. The Bertz CT molecular complexity index is 273. The second-order valence-electron chi connectivity index (χ2n) is 7.54. The molecule has 0 aliphatic heterocycles. The van der Waals surface area contributed by atoms with E-state index in [4.69, 9.17) is 8.85 Å². The Hall–Kier alpha value is 0.487. The summed E-state index contributed by atoms with van der Waals surface area (Å²) in [5.74, 6) is 2.71. The van der Waals surface area contributed by atoms with Crippen molar-refractivity contribution in [3.8, 4) is 0 Å². The maximum absolute atomic E-state index is 5.87. The van der Waals surface area contributed by atoms with E-state index in [2.05, 4.69) is 20.1 Å². The summed E-state index contributed by atoms with van der Waals surface area (Å²) in [6.45, 7) is 4.54. The van der Waals surface area contributed by atoms with Crippen molar-refractivity contribution in [3.63, 3.8) is 0 Å². The average Bonchev–Trinajstić information content (AvgIpc) is 2.64. The van der Waals surface area contributed by atoms with Gasteiger partial charge in [0, 0.05) is 20.3 Å². The maximum Gasteiger partial charge on any atom is 0.342 e. The lowest BCUT2D eigenvalue weighted by atomic mass is 10.1. The van der Waals surface area contributed by atoms with Crippen LogP contribution in [0, 0.1) is 0 Å². The molecule has 0 bridgehead atoms. The molecule has 0 aromatic rings. The van der Waals surface area contributed by atoms with Crippen LogP contribution < -0.4 is 0 Å². The summed E-state index contributed by atoms with van der Waals surface area (Å²) in [6, 6.07) is 2.34. The summed E-state index contributed by atoms with van der Waals surface area (Å²) in [5.41, 5.74) is 0. The zero-order valence-corrected chi connectivity index (χ0v) is 19.9.